The maximum Gasteiger partial charge on any atom is 0.258 e. The van der Waals surface area contributed by atoms with Crippen molar-refractivity contribution in [1.82, 2.24) is 0 Å². The molecule has 2 amide bonds. The second-order valence-electron chi connectivity index (χ2n) is 5.63. The summed E-state index contributed by atoms with van der Waals surface area (Å²) in [4.78, 5) is 25.7. The third-order valence-electron chi connectivity index (χ3n) is 4.02. The van der Waals surface area contributed by atoms with Crippen LogP contribution < -0.4 is 10.6 Å². The van der Waals surface area contributed by atoms with E-state index in [2.05, 4.69) is 13.0 Å². The van der Waals surface area contributed by atoms with Gasteiger partial charge in [0.1, 0.15) is 0 Å². The minimum absolute atomic E-state index is 0.0409. The van der Waals surface area contributed by atoms with Gasteiger partial charge in [-0.15, -0.1) is 0 Å². The van der Waals surface area contributed by atoms with E-state index in [0.29, 0.717) is 17.7 Å². The van der Waals surface area contributed by atoms with E-state index in [1.54, 1.807) is 24.3 Å². The highest BCUT2D eigenvalue weighted by molar-refractivity contribution is 6.07. The van der Waals surface area contributed by atoms with Gasteiger partial charge in [-0.05, 0) is 55.7 Å². The smallest absolute Gasteiger partial charge is 0.258 e. The SMILES string of the molecule is Cc1ccc2c(c1)CCCN2C(=O)c1ccc(C(N)=O)cc1. The van der Waals surface area contributed by atoms with Crippen LogP contribution in [0, 0.1) is 6.92 Å². The Kier molecular flexibility index (Phi) is 3.67. The number of aryl methyl sites for hydroxylation is 2. The van der Waals surface area contributed by atoms with Gasteiger partial charge in [-0.1, -0.05) is 17.7 Å². The lowest BCUT2D eigenvalue weighted by atomic mass is 9.98. The highest BCUT2D eigenvalue weighted by Gasteiger charge is 2.23. The minimum Gasteiger partial charge on any atom is -0.366 e. The molecule has 0 fully saturated rings. The largest absolute Gasteiger partial charge is 0.366 e. The van der Waals surface area contributed by atoms with Crippen LogP contribution in [0.2, 0.25) is 0 Å². The Labute approximate surface area is 129 Å². The molecule has 0 aromatic heterocycles. The normalized spacial score (nSPS) is 13.6. The van der Waals surface area contributed by atoms with Crippen molar-refractivity contribution in [1.29, 1.82) is 0 Å². The van der Waals surface area contributed by atoms with Gasteiger partial charge in [-0.2, -0.15) is 0 Å². The summed E-state index contributed by atoms with van der Waals surface area (Å²) in [7, 11) is 0. The van der Waals surface area contributed by atoms with E-state index in [-0.39, 0.29) is 5.91 Å². The molecular formula is C18H18N2O2. The van der Waals surface area contributed by atoms with Crippen LogP contribution in [0.15, 0.2) is 42.5 Å². The standard InChI is InChI=1S/C18H18N2O2/c1-12-4-9-16-15(11-12)3-2-10-20(16)18(22)14-7-5-13(6-8-14)17(19)21/h4-9,11H,2-3,10H2,1H3,(H2,19,21). The van der Waals surface area contributed by atoms with Crippen molar-refractivity contribution >= 4 is 17.5 Å². The predicted molar refractivity (Wildman–Crippen MR) is 86.1 cm³/mol. The van der Waals surface area contributed by atoms with Crippen LogP contribution in [-0.4, -0.2) is 18.4 Å². The number of carbonyl (C=O) groups is 2. The van der Waals surface area contributed by atoms with Crippen molar-refractivity contribution in [2.24, 2.45) is 5.73 Å². The van der Waals surface area contributed by atoms with Crippen molar-refractivity contribution in [2.75, 3.05) is 11.4 Å². The summed E-state index contributed by atoms with van der Waals surface area (Å²) in [6.07, 6.45) is 1.96. The van der Waals surface area contributed by atoms with E-state index in [4.69, 9.17) is 5.73 Å². The Morgan fingerprint density at radius 1 is 1.05 bits per heavy atom. The van der Waals surface area contributed by atoms with Crippen LogP contribution in [0.4, 0.5) is 5.69 Å². The molecule has 0 saturated carbocycles. The molecule has 2 N–H and O–H groups in total. The first-order valence-electron chi connectivity index (χ1n) is 7.37. The van der Waals surface area contributed by atoms with Gasteiger partial charge in [-0.25, -0.2) is 0 Å². The predicted octanol–water partition coefficient (Wildman–Crippen LogP) is 2.69. The van der Waals surface area contributed by atoms with E-state index < -0.39 is 5.91 Å². The van der Waals surface area contributed by atoms with Crippen LogP contribution in [-0.2, 0) is 6.42 Å². The second-order valence-corrected chi connectivity index (χ2v) is 5.63. The van der Waals surface area contributed by atoms with Gasteiger partial charge in [0.2, 0.25) is 5.91 Å². The number of amides is 2. The minimum atomic E-state index is -0.488. The summed E-state index contributed by atoms with van der Waals surface area (Å²) in [5.74, 6) is -0.529. The molecule has 0 atom stereocenters. The van der Waals surface area contributed by atoms with Gasteiger partial charge >= 0.3 is 0 Å². The van der Waals surface area contributed by atoms with Crippen molar-refractivity contribution in [3.8, 4) is 0 Å². The zero-order valence-electron chi connectivity index (χ0n) is 12.5. The van der Waals surface area contributed by atoms with E-state index >= 15 is 0 Å². The van der Waals surface area contributed by atoms with Gasteiger partial charge in [-0.3, -0.25) is 9.59 Å². The summed E-state index contributed by atoms with van der Waals surface area (Å²) in [6.45, 7) is 2.77. The molecule has 2 aromatic carbocycles. The molecule has 0 unspecified atom stereocenters. The van der Waals surface area contributed by atoms with E-state index in [0.717, 1.165) is 18.5 Å². The zero-order chi connectivity index (χ0) is 15.7. The lowest BCUT2D eigenvalue weighted by molar-refractivity contribution is 0.0979. The van der Waals surface area contributed by atoms with Crippen LogP contribution in [0.3, 0.4) is 0 Å². The molecule has 112 valence electrons. The molecule has 0 bridgehead atoms. The first-order chi connectivity index (χ1) is 10.6. The topological polar surface area (TPSA) is 63.4 Å². The fourth-order valence-electron chi connectivity index (χ4n) is 2.87. The molecule has 1 aliphatic heterocycles. The third kappa shape index (κ3) is 2.60. The summed E-state index contributed by atoms with van der Waals surface area (Å²) >= 11 is 0. The summed E-state index contributed by atoms with van der Waals surface area (Å²) in [5.41, 5.74) is 9.61. The molecule has 4 heteroatoms. The van der Waals surface area contributed by atoms with Crippen molar-refractivity contribution in [2.45, 2.75) is 19.8 Å². The fourth-order valence-corrected chi connectivity index (χ4v) is 2.87. The van der Waals surface area contributed by atoms with Crippen LogP contribution in [0.1, 0.15) is 38.3 Å². The van der Waals surface area contributed by atoms with Gasteiger partial charge in [0.05, 0.1) is 0 Å². The Morgan fingerprint density at radius 3 is 2.41 bits per heavy atom. The fraction of sp³-hybridized carbons (Fsp3) is 0.222. The summed E-state index contributed by atoms with van der Waals surface area (Å²) in [6, 6.07) is 12.7. The number of hydrogen-bond donors (Lipinski definition) is 1. The van der Waals surface area contributed by atoms with E-state index in [1.807, 2.05) is 17.0 Å². The van der Waals surface area contributed by atoms with Crippen LogP contribution in [0.5, 0.6) is 0 Å². The van der Waals surface area contributed by atoms with Gasteiger partial charge < -0.3 is 10.6 Å². The lowest BCUT2D eigenvalue weighted by Crippen LogP contribution is -2.35. The Bertz CT molecular complexity index is 735. The van der Waals surface area contributed by atoms with Gasteiger partial charge in [0.15, 0.2) is 0 Å². The van der Waals surface area contributed by atoms with Crippen molar-refractivity contribution in [3.63, 3.8) is 0 Å². The first kappa shape index (κ1) is 14.3. The molecular weight excluding hydrogens is 276 g/mol. The molecule has 0 saturated heterocycles. The maximum absolute atomic E-state index is 12.7. The molecule has 2 aromatic rings. The number of nitrogens with two attached hydrogens (primary N) is 1. The Morgan fingerprint density at radius 2 is 1.73 bits per heavy atom. The monoisotopic (exact) mass is 294 g/mol. The number of nitrogens with zero attached hydrogens (tertiary/aromatic N) is 1. The number of hydrogen-bond acceptors (Lipinski definition) is 2. The number of fused-ring (bicyclic) bond motifs is 1. The van der Waals surface area contributed by atoms with Crippen molar-refractivity contribution < 1.29 is 9.59 Å². The Balaban J connectivity index is 1.92. The number of primary amides is 1. The highest BCUT2D eigenvalue weighted by Crippen LogP contribution is 2.29. The number of anilines is 1. The molecule has 0 spiro atoms. The average Bonchev–Trinajstić information content (AvgIpc) is 2.53. The second kappa shape index (κ2) is 5.64. The summed E-state index contributed by atoms with van der Waals surface area (Å²) in [5, 5.41) is 0. The van der Waals surface area contributed by atoms with E-state index in [1.165, 1.54) is 11.1 Å². The molecule has 0 radical (unpaired) electrons. The van der Waals surface area contributed by atoms with Gasteiger partial charge in [0, 0.05) is 23.4 Å². The first-order valence-corrected chi connectivity index (χ1v) is 7.37. The molecule has 0 aliphatic carbocycles. The van der Waals surface area contributed by atoms with Crippen LogP contribution in [0.25, 0.3) is 0 Å². The number of benzene rings is 2. The van der Waals surface area contributed by atoms with E-state index in [9.17, 15) is 9.59 Å². The van der Waals surface area contributed by atoms with Crippen LogP contribution >= 0.6 is 0 Å². The third-order valence-corrected chi connectivity index (χ3v) is 4.02. The maximum atomic E-state index is 12.7. The number of rotatable bonds is 2. The average molecular weight is 294 g/mol. The molecule has 1 aliphatic rings. The van der Waals surface area contributed by atoms with Gasteiger partial charge in [0.25, 0.3) is 5.91 Å². The quantitative estimate of drug-likeness (QED) is 0.925. The molecule has 22 heavy (non-hydrogen) atoms. The lowest BCUT2D eigenvalue weighted by Gasteiger charge is -2.30. The molecule has 4 nitrogen and oxygen atoms in total. The molecule has 1 heterocycles. The summed E-state index contributed by atoms with van der Waals surface area (Å²) < 4.78 is 0. The Hall–Kier alpha value is -2.62. The number of carbonyl (C=O) groups excluding carboxylic acids is 2. The van der Waals surface area contributed by atoms with Crippen molar-refractivity contribution in [3.05, 3.63) is 64.7 Å². The highest BCUT2D eigenvalue weighted by atomic mass is 16.2. The molecule has 3 rings (SSSR count). The zero-order valence-corrected chi connectivity index (χ0v) is 12.5.